The fourth-order valence-electron chi connectivity index (χ4n) is 5.95. The summed E-state index contributed by atoms with van der Waals surface area (Å²) in [6, 6.07) is 0.222. The van der Waals surface area contributed by atoms with Crippen LogP contribution < -0.4 is 5.32 Å². The minimum atomic E-state index is -0.643. The highest BCUT2D eigenvalue weighted by atomic mass is 16.5. The molecule has 0 radical (unpaired) electrons. The van der Waals surface area contributed by atoms with Gasteiger partial charge in [0.05, 0.1) is 12.7 Å². The van der Waals surface area contributed by atoms with Crippen molar-refractivity contribution in [2.45, 2.75) is 52.0 Å². The predicted molar refractivity (Wildman–Crippen MR) is 101 cm³/mol. The van der Waals surface area contributed by atoms with Gasteiger partial charge in [-0.05, 0) is 75.2 Å². The Morgan fingerprint density at radius 2 is 1.61 bits per heavy atom. The number of aromatic nitrogens is 1. The van der Waals surface area contributed by atoms with Crippen LogP contribution in [-0.4, -0.2) is 42.6 Å². The SMILES string of the molecule is COC(=O)c1c(C)[nH]c(C(=O)OCC(=O)NC2C3CC4CC(C3)CC2C4)c1C. The summed E-state index contributed by atoms with van der Waals surface area (Å²) >= 11 is 0. The minimum absolute atomic E-state index is 0.181. The number of hydrogen-bond donors (Lipinski definition) is 2. The summed E-state index contributed by atoms with van der Waals surface area (Å²) in [6.07, 6.45) is 6.24. The Morgan fingerprint density at radius 3 is 2.18 bits per heavy atom. The highest BCUT2D eigenvalue weighted by molar-refractivity contribution is 5.99. The molecule has 7 heteroatoms. The summed E-state index contributed by atoms with van der Waals surface area (Å²) in [4.78, 5) is 39.5. The molecule has 4 saturated carbocycles. The van der Waals surface area contributed by atoms with Gasteiger partial charge in [-0.15, -0.1) is 0 Å². The van der Waals surface area contributed by atoms with Crippen molar-refractivity contribution in [2.75, 3.05) is 13.7 Å². The number of ether oxygens (including phenoxy) is 2. The molecule has 28 heavy (non-hydrogen) atoms. The smallest absolute Gasteiger partial charge is 0.355 e. The van der Waals surface area contributed by atoms with Crippen molar-refractivity contribution >= 4 is 17.8 Å². The van der Waals surface area contributed by atoms with E-state index in [4.69, 9.17) is 9.47 Å². The van der Waals surface area contributed by atoms with E-state index in [9.17, 15) is 14.4 Å². The number of carbonyl (C=O) groups is 3. The van der Waals surface area contributed by atoms with Gasteiger partial charge in [0.25, 0.3) is 5.91 Å². The van der Waals surface area contributed by atoms with E-state index in [1.54, 1.807) is 13.8 Å². The molecule has 0 unspecified atom stereocenters. The van der Waals surface area contributed by atoms with Crippen LogP contribution in [0.1, 0.15) is 64.2 Å². The Kier molecular flexibility index (Phi) is 4.93. The fraction of sp³-hybridized carbons (Fsp3) is 0.667. The first-order chi connectivity index (χ1) is 13.4. The molecule has 1 aromatic heterocycles. The van der Waals surface area contributed by atoms with Gasteiger partial charge < -0.3 is 19.8 Å². The molecule has 4 bridgehead atoms. The Bertz CT molecular complexity index is 784. The maximum Gasteiger partial charge on any atom is 0.355 e. The third kappa shape index (κ3) is 3.31. The van der Waals surface area contributed by atoms with E-state index in [-0.39, 0.29) is 24.2 Å². The molecular formula is C21H28N2O5. The molecule has 0 spiro atoms. The normalized spacial score (nSPS) is 30.2. The lowest BCUT2D eigenvalue weighted by molar-refractivity contribution is -0.128. The lowest BCUT2D eigenvalue weighted by Crippen LogP contribution is -2.56. The van der Waals surface area contributed by atoms with Crippen molar-refractivity contribution in [3.63, 3.8) is 0 Å². The van der Waals surface area contributed by atoms with Crippen LogP contribution in [0, 0.1) is 37.5 Å². The molecule has 1 amide bonds. The van der Waals surface area contributed by atoms with Crippen molar-refractivity contribution in [3.05, 3.63) is 22.5 Å². The first kappa shape index (κ1) is 19.0. The van der Waals surface area contributed by atoms with Gasteiger partial charge in [-0.2, -0.15) is 0 Å². The maximum absolute atomic E-state index is 12.4. The minimum Gasteiger partial charge on any atom is -0.465 e. The van der Waals surface area contributed by atoms with Gasteiger partial charge in [-0.3, -0.25) is 4.79 Å². The summed E-state index contributed by atoms with van der Waals surface area (Å²) in [7, 11) is 1.29. The van der Waals surface area contributed by atoms with Crippen molar-refractivity contribution in [3.8, 4) is 0 Å². The lowest BCUT2D eigenvalue weighted by Gasteiger charge is -2.54. The van der Waals surface area contributed by atoms with Crippen LogP contribution in [0.3, 0.4) is 0 Å². The van der Waals surface area contributed by atoms with Crippen LogP contribution in [0.15, 0.2) is 0 Å². The van der Waals surface area contributed by atoms with E-state index in [2.05, 4.69) is 10.3 Å². The van der Waals surface area contributed by atoms with Crippen molar-refractivity contribution in [1.29, 1.82) is 0 Å². The van der Waals surface area contributed by atoms with Crippen LogP contribution in [-0.2, 0) is 14.3 Å². The molecule has 0 atom stereocenters. The molecule has 4 aliphatic carbocycles. The molecule has 4 aliphatic rings. The standard InChI is InChI=1S/C21H28N2O5/c1-10-17(20(25)27-3)11(2)22-18(10)21(26)28-9-16(24)23-19-14-5-12-4-13(7-14)8-15(19)6-12/h12-15,19,22H,4-9H2,1-3H3,(H,23,24). The summed E-state index contributed by atoms with van der Waals surface area (Å²) in [5, 5.41) is 3.13. The molecule has 4 fully saturated rings. The average molecular weight is 388 g/mol. The van der Waals surface area contributed by atoms with Crippen LogP contribution in [0.25, 0.3) is 0 Å². The molecule has 0 aliphatic heterocycles. The number of nitrogens with one attached hydrogen (secondary N) is 2. The Labute approximate surface area is 164 Å². The third-order valence-corrected chi connectivity index (χ3v) is 6.92. The van der Waals surface area contributed by atoms with E-state index in [0.29, 0.717) is 28.7 Å². The largest absolute Gasteiger partial charge is 0.465 e. The van der Waals surface area contributed by atoms with E-state index >= 15 is 0 Å². The van der Waals surface area contributed by atoms with E-state index < -0.39 is 11.9 Å². The van der Waals surface area contributed by atoms with Crippen molar-refractivity contribution in [1.82, 2.24) is 10.3 Å². The summed E-state index contributed by atoms with van der Waals surface area (Å²) in [6.45, 7) is 3.03. The van der Waals surface area contributed by atoms with Crippen LogP contribution in [0.4, 0.5) is 0 Å². The quantitative estimate of drug-likeness (QED) is 0.756. The van der Waals surface area contributed by atoms with Gasteiger partial charge in [0.2, 0.25) is 0 Å². The van der Waals surface area contributed by atoms with Crippen LogP contribution in [0.2, 0.25) is 0 Å². The number of rotatable bonds is 5. The molecule has 2 N–H and O–H groups in total. The average Bonchev–Trinajstić information content (AvgIpc) is 2.96. The maximum atomic E-state index is 12.4. The Morgan fingerprint density at radius 1 is 1.00 bits per heavy atom. The van der Waals surface area contributed by atoms with Gasteiger partial charge in [0, 0.05) is 11.7 Å². The number of carbonyl (C=O) groups excluding carboxylic acids is 3. The molecule has 0 saturated heterocycles. The summed E-state index contributed by atoms with van der Waals surface area (Å²) in [5.74, 6) is 1.44. The third-order valence-electron chi connectivity index (χ3n) is 6.92. The van der Waals surface area contributed by atoms with Gasteiger partial charge in [0.15, 0.2) is 6.61 Å². The number of esters is 2. The Balaban J connectivity index is 1.34. The highest BCUT2D eigenvalue weighted by Crippen LogP contribution is 2.53. The van der Waals surface area contributed by atoms with Crippen LogP contribution in [0.5, 0.6) is 0 Å². The molecule has 1 heterocycles. The number of H-pyrrole nitrogens is 1. The van der Waals surface area contributed by atoms with Gasteiger partial charge in [0.1, 0.15) is 5.69 Å². The monoisotopic (exact) mass is 388 g/mol. The molecule has 152 valence electrons. The topological polar surface area (TPSA) is 97.5 Å². The second-order valence-corrected chi connectivity index (χ2v) is 8.72. The Hall–Kier alpha value is -2.31. The van der Waals surface area contributed by atoms with E-state index in [0.717, 1.165) is 11.8 Å². The highest BCUT2D eigenvalue weighted by Gasteiger charge is 2.48. The van der Waals surface area contributed by atoms with E-state index in [1.807, 2.05) is 0 Å². The molecular weight excluding hydrogens is 360 g/mol. The fourth-order valence-corrected chi connectivity index (χ4v) is 5.95. The number of methoxy groups -OCH3 is 1. The molecule has 5 rings (SSSR count). The number of aryl methyl sites for hydroxylation is 1. The van der Waals surface area contributed by atoms with Crippen molar-refractivity contribution in [2.24, 2.45) is 23.7 Å². The summed E-state index contributed by atoms with van der Waals surface area (Å²) in [5.41, 5.74) is 1.51. The first-order valence-electron chi connectivity index (χ1n) is 10.1. The van der Waals surface area contributed by atoms with Gasteiger partial charge in [-0.25, -0.2) is 9.59 Å². The number of amides is 1. The zero-order valence-electron chi connectivity index (χ0n) is 16.7. The second-order valence-electron chi connectivity index (χ2n) is 8.72. The second kappa shape index (κ2) is 7.26. The van der Waals surface area contributed by atoms with E-state index in [1.165, 1.54) is 39.2 Å². The zero-order chi connectivity index (χ0) is 20.0. The molecule has 1 aromatic rings. The summed E-state index contributed by atoms with van der Waals surface area (Å²) < 4.78 is 9.96. The van der Waals surface area contributed by atoms with Crippen molar-refractivity contribution < 1.29 is 23.9 Å². The van der Waals surface area contributed by atoms with Gasteiger partial charge in [-0.1, -0.05) is 0 Å². The van der Waals surface area contributed by atoms with Gasteiger partial charge >= 0.3 is 11.9 Å². The molecule has 0 aromatic carbocycles. The zero-order valence-corrected chi connectivity index (χ0v) is 16.7. The van der Waals surface area contributed by atoms with Crippen LogP contribution >= 0.6 is 0 Å². The predicted octanol–water partition coefficient (Wildman–Crippen LogP) is 2.52. The lowest BCUT2D eigenvalue weighted by atomic mass is 9.54. The number of hydrogen-bond acceptors (Lipinski definition) is 5. The first-order valence-corrected chi connectivity index (χ1v) is 10.1. The molecule has 7 nitrogen and oxygen atoms in total. The number of aromatic amines is 1.